The van der Waals surface area contributed by atoms with Crippen LogP contribution >= 0.6 is 0 Å². The van der Waals surface area contributed by atoms with E-state index >= 15 is 0 Å². The second-order valence-electron chi connectivity index (χ2n) is 9.77. The first-order chi connectivity index (χ1) is 18.4. The highest BCUT2D eigenvalue weighted by molar-refractivity contribution is 7.89. The Bertz CT molecular complexity index is 1390. The highest BCUT2D eigenvalue weighted by Crippen LogP contribution is 2.27. The predicted octanol–water partition coefficient (Wildman–Crippen LogP) is 3.69. The SMILES string of the molecule is COCC(C)(C)NS(=O)(=O)c1ccc(CC(=O)[C@H](Cc2ccccc2)NC(=O)c2ccc(F)cc2)cc1OC. The lowest BCUT2D eigenvalue weighted by Crippen LogP contribution is -2.46. The lowest BCUT2D eigenvalue weighted by atomic mass is 9.97. The van der Waals surface area contributed by atoms with Crippen LogP contribution in [0.1, 0.15) is 35.3 Å². The van der Waals surface area contributed by atoms with E-state index in [-0.39, 0.29) is 41.4 Å². The summed E-state index contributed by atoms with van der Waals surface area (Å²) < 4.78 is 52.4. The van der Waals surface area contributed by atoms with Crippen molar-refractivity contribution >= 4 is 21.7 Å². The molecule has 0 saturated carbocycles. The Morgan fingerprint density at radius 3 is 2.23 bits per heavy atom. The van der Waals surface area contributed by atoms with Crippen LogP contribution in [-0.2, 0) is 32.4 Å². The molecule has 3 aromatic carbocycles. The molecule has 0 aliphatic rings. The zero-order valence-corrected chi connectivity index (χ0v) is 23.2. The Balaban J connectivity index is 1.84. The van der Waals surface area contributed by atoms with Crippen LogP contribution in [-0.4, -0.2) is 52.5 Å². The second-order valence-corrected chi connectivity index (χ2v) is 11.4. The van der Waals surface area contributed by atoms with Gasteiger partial charge in [-0.15, -0.1) is 0 Å². The standard InChI is InChI=1S/C29H33FN2O6S/c1-29(2,19-37-3)32-39(35,36)27-15-10-21(18-26(27)38-4)17-25(33)24(16-20-8-6-5-7-9-20)31-28(34)22-11-13-23(30)14-12-22/h5-15,18,24,32H,16-17,19H2,1-4H3,(H,31,34)/t24-/m0/s1. The molecular formula is C29H33FN2O6S. The first kappa shape index (κ1) is 29.9. The minimum Gasteiger partial charge on any atom is -0.495 e. The molecule has 0 fully saturated rings. The minimum atomic E-state index is -3.96. The average Bonchev–Trinajstić information content (AvgIpc) is 2.88. The molecule has 0 aliphatic carbocycles. The van der Waals surface area contributed by atoms with E-state index in [0.29, 0.717) is 5.56 Å². The fourth-order valence-corrected chi connectivity index (χ4v) is 5.67. The van der Waals surface area contributed by atoms with Crippen LogP contribution in [0.15, 0.2) is 77.7 Å². The minimum absolute atomic E-state index is 0.0733. The summed E-state index contributed by atoms with van der Waals surface area (Å²) in [5.74, 6) is -1.18. The number of ether oxygens (including phenoxy) is 2. The Morgan fingerprint density at radius 1 is 0.949 bits per heavy atom. The van der Waals surface area contributed by atoms with Gasteiger partial charge in [-0.1, -0.05) is 36.4 Å². The van der Waals surface area contributed by atoms with Gasteiger partial charge in [0.2, 0.25) is 10.0 Å². The number of hydrogen-bond donors (Lipinski definition) is 2. The van der Waals surface area contributed by atoms with E-state index in [0.717, 1.165) is 5.56 Å². The number of hydrogen-bond acceptors (Lipinski definition) is 6. The number of sulfonamides is 1. The normalized spacial score (nSPS) is 12.5. The third-order valence-electron chi connectivity index (χ3n) is 5.89. The van der Waals surface area contributed by atoms with Crippen LogP contribution < -0.4 is 14.8 Å². The first-order valence-electron chi connectivity index (χ1n) is 12.3. The summed E-state index contributed by atoms with van der Waals surface area (Å²) >= 11 is 0. The molecule has 0 unspecified atom stereocenters. The van der Waals surface area contributed by atoms with E-state index in [9.17, 15) is 22.4 Å². The maximum Gasteiger partial charge on any atom is 0.251 e. The van der Waals surface area contributed by atoms with Gasteiger partial charge in [0.25, 0.3) is 5.91 Å². The van der Waals surface area contributed by atoms with Gasteiger partial charge in [0.05, 0.1) is 25.3 Å². The van der Waals surface area contributed by atoms with E-state index in [4.69, 9.17) is 9.47 Å². The second kappa shape index (κ2) is 13.0. The molecule has 0 aromatic heterocycles. The van der Waals surface area contributed by atoms with Gasteiger partial charge in [-0.2, -0.15) is 0 Å². The van der Waals surface area contributed by atoms with Crippen LogP contribution in [0.5, 0.6) is 5.75 Å². The number of nitrogens with one attached hydrogen (secondary N) is 2. The van der Waals surface area contributed by atoms with Crippen molar-refractivity contribution in [1.29, 1.82) is 0 Å². The number of halogens is 1. The fraction of sp³-hybridized carbons (Fsp3) is 0.310. The molecule has 8 nitrogen and oxygen atoms in total. The fourth-order valence-electron chi connectivity index (χ4n) is 4.12. The summed E-state index contributed by atoms with van der Waals surface area (Å²) in [7, 11) is -1.13. The first-order valence-corrected chi connectivity index (χ1v) is 13.8. The lowest BCUT2D eigenvalue weighted by Gasteiger charge is -2.25. The quantitative estimate of drug-likeness (QED) is 0.332. The van der Waals surface area contributed by atoms with Crippen LogP contribution in [0, 0.1) is 5.82 Å². The summed E-state index contributed by atoms with van der Waals surface area (Å²) in [6.45, 7) is 3.55. The number of Topliss-reactive ketones (excluding diaryl/α,β-unsaturated/α-hetero) is 1. The predicted molar refractivity (Wildman–Crippen MR) is 146 cm³/mol. The van der Waals surface area contributed by atoms with Crippen molar-refractivity contribution in [2.75, 3.05) is 20.8 Å². The van der Waals surface area contributed by atoms with E-state index in [1.807, 2.05) is 30.3 Å². The molecule has 0 spiro atoms. The van der Waals surface area contributed by atoms with Crippen molar-refractivity contribution in [2.45, 2.75) is 43.2 Å². The van der Waals surface area contributed by atoms with E-state index in [1.165, 1.54) is 50.6 Å². The summed E-state index contributed by atoms with van der Waals surface area (Å²) in [6, 6.07) is 17.8. The van der Waals surface area contributed by atoms with Gasteiger partial charge >= 0.3 is 0 Å². The average molecular weight is 557 g/mol. The summed E-state index contributed by atoms with van der Waals surface area (Å²) in [5, 5.41) is 2.76. The number of carbonyl (C=O) groups excluding carboxylic acids is 2. The van der Waals surface area contributed by atoms with Gasteiger partial charge in [-0.3, -0.25) is 9.59 Å². The zero-order chi connectivity index (χ0) is 28.6. The van der Waals surface area contributed by atoms with Crippen molar-refractivity contribution in [3.05, 3.63) is 95.3 Å². The van der Waals surface area contributed by atoms with Crippen molar-refractivity contribution in [2.24, 2.45) is 0 Å². The molecule has 10 heteroatoms. The molecule has 3 aromatic rings. The van der Waals surface area contributed by atoms with Gasteiger partial charge in [-0.05, 0) is 67.8 Å². The molecule has 39 heavy (non-hydrogen) atoms. The van der Waals surface area contributed by atoms with Gasteiger partial charge in [0, 0.05) is 19.1 Å². The molecule has 3 rings (SSSR count). The highest BCUT2D eigenvalue weighted by atomic mass is 32.2. The molecule has 0 bridgehead atoms. The van der Waals surface area contributed by atoms with Gasteiger partial charge in [-0.25, -0.2) is 17.5 Å². The van der Waals surface area contributed by atoms with Gasteiger partial charge < -0.3 is 14.8 Å². The molecule has 0 radical (unpaired) electrons. The van der Waals surface area contributed by atoms with E-state index in [2.05, 4.69) is 10.0 Å². The third-order valence-corrected chi connectivity index (χ3v) is 7.63. The molecule has 0 saturated heterocycles. The van der Waals surface area contributed by atoms with Gasteiger partial charge in [0.1, 0.15) is 16.5 Å². The molecule has 1 atom stereocenters. The molecule has 1 amide bonds. The Morgan fingerprint density at radius 2 is 1.62 bits per heavy atom. The van der Waals surface area contributed by atoms with Crippen LogP contribution in [0.2, 0.25) is 0 Å². The maximum absolute atomic E-state index is 13.4. The number of rotatable bonds is 13. The Labute approximate surface area is 228 Å². The summed E-state index contributed by atoms with van der Waals surface area (Å²) in [6.07, 6.45) is 0.162. The number of amides is 1. The van der Waals surface area contributed by atoms with E-state index < -0.39 is 33.3 Å². The molecule has 2 N–H and O–H groups in total. The van der Waals surface area contributed by atoms with Crippen molar-refractivity contribution in [1.82, 2.24) is 10.0 Å². The van der Waals surface area contributed by atoms with E-state index in [1.54, 1.807) is 19.9 Å². The lowest BCUT2D eigenvalue weighted by molar-refractivity contribution is -0.120. The third kappa shape index (κ3) is 8.44. The maximum atomic E-state index is 13.4. The summed E-state index contributed by atoms with van der Waals surface area (Å²) in [4.78, 5) is 26.2. The molecular weight excluding hydrogens is 523 g/mol. The summed E-state index contributed by atoms with van der Waals surface area (Å²) in [5.41, 5.74) is 0.725. The largest absolute Gasteiger partial charge is 0.495 e. The molecule has 208 valence electrons. The van der Waals surface area contributed by atoms with Crippen molar-refractivity contribution in [3.8, 4) is 5.75 Å². The highest BCUT2D eigenvalue weighted by Gasteiger charge is 2.29. The Hall–Kier alpha value is -3.60. The topological polar surface area (TPSA) is 111 Å². The van der Waals surface area contributed by atoms with Crippen LogP contribution in [0.4, 0.5) is 4.39 Å². The Kier molecular flexibility index (Phi) is 9.96. The number of methoxy groups -OCH3 is 2. The zero-order valence-electron chi connectivity index (χ0n) is 22.4. The van der Waals surface area contributed by atoms with Crippen LogP contribution in [0.25, 0.3) is 0 Å². The number of benzene rings is 3. The van der Waals surface area contributed by atoms with Crippen LogP contribution in [0.3, 0.4) is 0 Å². The van der Waals surface area contributed by atoms with Crippen molar-refractivity contribution < 1.29 is 31.9 Å². The molecule has 0 heterocycles. The van der Waals surface area contributed by atoms with Gasteiger partial charge in [0.15, 0.2) is 5.78 Å². The number of ketones is 1. The smallest absolute Gasteiger partial charge is 0.251 e. The number of carbonyl (C=O) groups is 2. The monoisotopic (exact) mass is 556 g/mol. The molecule has 0 aliphatic heterocycles. The van der Waals surface area contributed by atoms with Crippen molar-refractivity contribution in [3.63, 3.8) is 0 Å².